The molecular formula is C18H28F3NO2. The number of hydrogen-bond donors (Lipinski definition) is 0. The third kappa shape index (κ3) is 3.44. The number of fused-ring (bicyclic) bond motifs is 2. The molecule has 2 bridgehead atoms. The van der Waals surface area contributed by atoms with Crippen molar-refractivity contribution in [1.29, 1.82) is 0 Å². The maximum absolute atomic E-state index is 12.4. The Labute approximate surface area is 141 Å². The average molecular weight is 347 g/mol. The van der Waals surface area contributed by atoms with Gasteiger partial charge in [-0.2, -0.15) is 13.2 Å². The summed E-state index contributed by atoms with van der Waals surface area (Å²) < 4.78 is 43.0. The highest BCUT2D eigenvalue weighted by molar-refractivity contribution is 5.72. The van der Waals surface area contributed by atoms with Gasteiger partial charge in [0.25, 0.3) is 0 Å². The van der Waals surface area contributed by atoms with E-state index < -0.39 is 12.7 Å². The summed E-state index contributed by atoms with van der Waals surface area (Å²) >= 11 is 0. The third-order valence-corrected chi connectivity index (χ3v) is 6.88. The molecule has 4 fully saturated rings. The van der Waals surface area contributed by atoms with Crippen LogP contribution in [0.2, 0.25) is 0 Å². The molecule has 4 unspecified atom stereocenters. The average Bonchev–Trinajstić information content (AvgIpc) is 2.47. The lowest BCUT2D eigenvalue weighted by Gasteiger charge is -2.61. The first-order valence-corrected chi connectivity index (χ1v) is 9.07. The summed E-state index contributed by atoms with van der Waals surface area (Å²) in [5.74, 6) is 1.18. The van der Waals surface area contributed by atoms with Crippen LogP contribution in [0, 0.1) is 29.1 Å². The van der Waals surface area contributed by atoms with Gasteiger partial charge in [0.05, 0.1) is 12.5 Å². The first-order chi connectivity index (χ1) is 11.1. The van der Waals surface area contributed by atoms with Crippen LogP contribution < -0.4 is 0 Å². The largest absolute Gasteiger partial charge is 0.462 e. The van der Waals surface area contributed by atoms with Crippen LogP contribution >= 0.6 is 0 Å². The van der Waals surface area contributed by atoms with Crippen LogP contribution in [0.3, 0.4) is 0 Å². The van der Waals surface area contributed by atoms with Gasteiger partial charge >= 0.3 is 12.1 Å². The van der Waals surface area contributed by atoms with Crippen LogP contribution in [-0.4, -0.2) is 42.8 Å². The highest BCUT2D eigenvalue weighted by atomic mass is 19.4. The maximum atomic E-state index is 12.4. The molecule has 3 nitrogen and oxygen atoms in total. The van der Waals surface area contributed by atoms with Gasteiger partial charge in [-0.25, -0.2) is 0 Å². The fraction of sp³-hybridized carbons (Fsp3) is 0.944. The summed E-state index contributed by atoms with van der Waals surface area (Å²) in [6, 6.07) is 0. The summed E-state index contributed by atoms with van der Waals surface area (Å²) in [6.07, 6.45) is -1.08. The van der Waals surface area contributed by atoms with E-state index in [1.807, 2.05) is 0 Å². The van der Waals surface area contributed by atoms with Crippen molar-refractivity contribution in [2.45, 2.75) is 58.7 Å². The van der Waals surface area contributed by atoms with E-state index >= 15 is 0 Å². The molecule has 6 heteroatoms. The number of carbonyl (C=O) groups excluding carboxylic acids is 1. The van der Waals surface area contributed by atoms with Crippen LogP contribution in [-0.2, 0) is 9.53 Å². The van der Waals surface area contributed by atoms with Crippen molar-refractivity contribution >= 4 is 5.97 Å². The normalized spacial score (nSPS) is 36.9. The Morgan fingerprint density at radius 3 is 2.33 bits per heavy atom. The van der Waals surface area contributed by atoms with Gasteiger partial charge in [-0.3, -0.25) is 9.69 Å². The van der Waals surface area contributed by atoms with Crippen molar-refractivity contribution in [2.75, 3.05) is 19.6 Å². The quantitative estimate of drug-likeness (QED) is 0.726. The molecule has 0 spiro atoms. The smallest absolute Gasteiger partial charge is 0.401 e. The van der Waals surface area contributed by atoms with E-state index in [9.17, 15) is 18.0 Å². The highest BCUT2D eigenvalue weighted by Crippen LogP contribution is 2.61. The van der Waals surface area contributed by atoms with Crippen molar-refractivity contribution < 1.29 is 22.7 Å². The molecule has 3 saturated carbocycles. The molecule has 4 rings (SSSR count). The number of piperidine rings is 1. The lowest BCUT2D eigenvalue weighted by atomic mass is 9.45. The Morgan fingerprint density at radius 1 is 1.21 bits per heavy atom. The van der Waals surface area contributed by atoms with E-state index in [1.54, 1.807) is 0 Å². The number of ether oxygens (including phenoxy) is 1. The van der Waals surface area contributed by atoms with E-state index in [1.165, 1.54) is 11.3 Å². The van der Waals surface area contributed by atoms with Crippen molar-refractivity contribution in [3.05, 3.63) is 0 Å². The monoisotopic (exact) mass is 347 g/mol. The fourth-order valence-corrected chi connectivity index (χ4v) is 5.08. The van der Waals surface area contributed by atoms with Gasteiger partial charge in [-0.15, -0.1) is 0 Å². The topological polar surface area (TPSA) is 29.5 Å². The maximum Gasteiger partial charge on any atom is 0.401 e. The van der Waals surface area contributed by atoms with Crippen LogP contribution in [0.1, 0.15) is 46.5 Å². The Bertz CT molecular complexity index is 483. The van der Waals surface area contributed by atoms with Crippen molar-refractivity contribution in [3.63, 3.8) is 0 Å². The Hall–Kier alpha value is -0.780. The zero-order chi connectivity index (χ0) is 17.7. The van der Waals surface area contributed by atoms with Crippen molar-refractivity contribution in [3.8, 4) is 0 Å². The molecular weight excluding hydrogens is 319 g/mol. The number of hydrogen-bond acceptors (Lipinski definition) is 3. The summed E-state index contributed by atoms with van der Waals surface area (Å²) in [4.78, 5) is 13.8. The zero-order valence-corrected chi connectivity index (χ0v) is 14.7. The molecule has 0 aromatic rings. The molecule has 0 amide bonds. The zero-order valence-electron chi connectivity index (χ0n) is 14.7. The van der Waals surface area contributed by atoms with Gasteiger partial charge in [-0.05, 0) is 61.9 Å². The van der Waals surface area contributed by atoms with Gasteiger partial charge in [0.2, 0.25) is 0 Å². The molecule has 1 aliphatic heterocycles. The van der Waals surface area contributed by atoms with E-state index in [2.05, 4.69) is 20.8 Å². The van der Waals surface area contributed by atoms with E-state index in [4.69, 9.17) is 4.74 Å². The SMILES string of the molecule is CC1C(OC(=O)C2CCN(CC(F)(F)F)CC2)CC2CC1C2(C)C. The third-order valence-electron chi connectivity index (χ3n) is 6.88. The van der Waals surface area contributed by atoms with Crippen LogP contribution in [0.4, 0.5) is 13.2 Å². The van der Waals surface area contributed by atoms with Gasteiger partial charge < -0.3 is 4.74 Å². The summed E-state index contributed by atoms with van der Waals surface area (Å²) in [6.45, 7) is 6.53. The Kier molecular flexibility index (Phi) is 4.65. The lowest BCUT2D eigenvalue weighted by molar-refractivity contribution is -0.191. The van der Waals surface area contributed by atoms with Crippen LogP contribution in [0.25, 0.3) is 0 Å². The number of carbonyl (C=O) groups is 1. The molecule has 0 radical (unpaired) electrons. The predicted octanol–water partition coefficient (Wildman–Crippen LogP) is 3.87. The van der Waals surface area contributed by atoms with E-state index in [-0.39, 0.29) is 18.0 Å². The molecule has 1 heterocycles. The minimum Gasteiger partial charge on any atom is -0.462 e. The Morgan fingerprint density at radius 2 is 1.83 bits per heavy atom. The molecule has 24 heavy (non-hydrogen) atoms. The number of likely N-dealkylation sites (tertiary alicyclic amines) is 1. The fourth-order valence-electron chi connectivity index (χ4n) is 5.08. The second kappa shape index (κ2) is 6.19. The number of alkyl halides is 3. The predicted molar refractivity (Wildman–Crippen MR) is 84.3 cm³/mol. The number of halogens is 3. The van der Waals surface area contributed by atoms with Gasteiger partial charge in [-0.1, -0.05) is 20.8 Å². The highest BCUT2D eigenvalue weighted by Gasteiger charge is 2.57. The molecule has 0 N–H and O–H groups in total. The Balaban J connectivity index is 1.47. The standard InChI is InChI=1S/C18H28F3NO2/c1-11-14-8-13(17(14,2)3)9-15(11)24-16(23)12-4-6-22(7-5-12)10-18(19,20)21/h11-15H,4-10H2,1-3H3. The summed E-state index contributed by atoms with van der Waals surface area (Å²) in [5, 5.41) is 0. The van der Waals surface area contributed by atoms with Gasteiger partial charge in [0.15, 0.2) is 0 Å². The molecule has 4 atom stereocenters. The first kappa shape index (κ1) is 18.0. The summed E-state index contributed by atoms with van der Waals surface area (Å²) in [7, 11) is 0. The number of esters is 1. The minimum atomic E-state index is -4.17. The minimum absolute atomic E-state index is 0.0116. The molecule has 1 saturated heterocycles. The van der Waals surface area contributed by atoms with Gasteiger partial charge in [0, 0.05) is 0 Å². The number of nitrogens with zero attached hydrogens (tertiary/aromatic N) is 1. The van der Waals surface area contributed by atoms with E-state index in [0.29, 0.717) is 49.1 Å². The second-order valence-corrected chi connectivity index (χ2v) is 8.60. The lowest BCUT2D eigenvalue weighted by Crippen LogP contribution is -2.57. The molecule has 3 aliphatic carbocycles. The molecule has 0 aromatic carbocycles. The van der Waals surface area contributed by atoms with E-state index in [0.717, 1.165) is 6.42 Å². The van der Waals surface area contributed by atoms with Crippen LogP contribution in [0.5, 0.6) is 0 Å². The van der Waals surface area contributed by atoms with Crippen LogP contribution in [0.15, 0.2) is 0 Å². The number of rotatable bonds is 3. The summed E-state index contributed by atoms with van der Waals surface area (Å²) in [5.41, 5.74) is 0.352. The first-order valence-electron chi connectivity index (χ1n) is 9.07. The second-order valence-electron chi connectivity index (χ2n) is 8.60. The molecule has 138 valence electrons. The van der Waals surface area contributed by atoms with Gasteiger partial charge in [0.1, 0.15) is 6.10 Å². The molecule has 0 aromatic heterocycles. The van der Waals surface area contributed by atoms with Crippen molar-refractivity contribution in [2.24, 2.45) is 29.1 Å². The molecule has 4 aliphatic rings. The van der Waals surface area contributed by atoms with Crippen molar-refractivity contribution in [1.82, 2.24) is 4.90 Å².